The summed E-state index contributed by atoms with van der Waals surface area (Å²) in [7, 11) is -4.27. The minimum atomic E-state index is -4.27. The number of ether oxygens (including phenoxy) is 1. The van der Waals surface area contributed by atoms with Gasteiger partial charge in [0.25, 0.3) is 15.7 Å². The van der Waals surface area contributed by atoms with Gasteiger partial charge in [-0.2, -0.15) is 8.42 Å². The van der Waals surface area contributed by atoms with E-state index >= 15 is 0 Å². The zero-order valence-electron chi connectivity index (χ0n) is 15.2. The van der Waals surface area contributed by atoms with Crippen molar-refractivity contribution >= 4 is 56.3 Å². The van der Waals surface area contributed by atoms with Crippen molar-refractivity contribution in [1.29, 1.82) is 0 Å². The zero-order valence-corrected chi connectivity index (χ0v) is 18.3. The van der Waals surface area contributed by atoms with Gasteiger partial charge in [-0.1, -0.05) is 40.9 Å². The summed E-state index contributed by atoms with van der Waals surface area (Å²) in [5, 5.41) is 10.4. The molecule has 160 valence electrons. The highest BCUT2D eigenvalue weighted by Crippen LogP contribution is 2.41. The SMILES string of the molecule is NC(=NS(=O)(=O)c1cc(Cl)c(Oc2ccc([N+](=O)[O-])cc2Cl)c(Cl)c1)c1ccccn1. The van der Waals surface area contributed by atoms with Crippen LogP contribution in [-0.2, 0) is 10.0 Å². The third kappa shape index (κ3) is 5.23. The Morgan fingerprint density at radius 2 is 1.74 bits per heavy atom. The number of aromatic nitrogens is 1. The first kappa shape index (κ1) is 22.8. The molecule has 0 aliphatic carbocycles. The Hall–Kier alpha value is -2.92. The topological polar surface area (TPSA) is 138 Å². The average molecular weight is 502 g/mol. The molecule has 0 amide bonds. The number of benzene rings is 2. The Labute approximate surface area is 191 Å². The van der Waals surface area contributed by atoms with Gasteiger partial charge in [0, 0.05) is 18.3 Å². The molecule has 2 aromatic carbocycles. The maximum atomic E-state index is 12.6. The Kier molecular flexibility index (Phi) is 6.65. The van der Waals surface area contributed by atoms with Crippen LogP contribution in [0.4, 0.5) is 5.69 Å². The van der Waals surface area contributed by atoms with Crippen molar-refractivity contribution in [3.05, 3.63) is 85.6 Å². The van der Waals surface area contributed by atoms with Crippen LogP contribution in [0.2, 0.25) is 15.1 Å². The normalized spacial score (nSPS) is 11.9. The molecule has 0 aliphatic rings. The van der Waals surface area contributed by atoms with Crippen LogP contribution in [0.25, 0.3) is 0 Å². The fourth-order valence-electron chi connectivity index (χ4n) is 2.32. The van der Waals surface area contributed by atoms with Crippen molar-refractivity contribution in [1.82, 2.24) is 4.98 Å². The van der Waals surface area contributed by atoms with Gasteiger partial charge in [0.05, 0.1) is 24.9 Å². The highest BCUT2D eigenvalue weighted by Gasteiger charge is 2.21. The summed E-state index contributed by atoms with van der Waals surface area (Å²) in [5.74, 6) is -0.380. The highest BCUT2D eigenvalue weighted by atomic mass is 35.5. The second kappa shape index (κ2) is 9.06. The summed E-state index contributed by atoms with van der Waals surface area (Å²) in [6.07, 6.45) is 1.44. The molecular weight excluding hydrogens is 491 g/mol. The van der Waals surface area contributed by atoms with Crippen molar-refractivity contribution in [2.45, 2.75) is 4.90 Å². The molecule has 0 saturated heterocycles. The van der Waals surface area contributed by atoms with Gasteiger partial charge in [0.2, 0.25) is 0 Å². The maximum absolute atomic E-state index is 12.6. The van der Waals surface area contributed by atoms with Crippen molar-refractivity contribution in [2.75, 3.05) is 0 Å². The van der Waals surface area contributed by atoms with Crippen LogP contribution in [0.3, 0.4) is 0 Å². The Balaban J connectivity index is 1.94. The fraction of sp³-hybridized carbons (Fsp3) is 0. The largest absolute Gasteiger partial charge is 0.453 e. The minimum absolute atomic E-state index is 0.0316. The molecule has 3 aromatic rings. The molecule has 0 spiro atoms. The maximum Gasteiger partial charge on any atom is 0.284 e. The van der Waals surface area contributed by atoms with Crippen LogP contribution in [0.15, 0.2) is 64.0 Å². The number of nitrogens with two attached hydrogens (primary N) is 1. The summed E-state index contributed by atoms with van der Waals surface area (Å²) in [5.41, 5.74) is 5.67. The molecule has 0 radical (unpaired) electrons. The van der Waals surface area contributed by atoms with Gasteiger partial charge in [-0.05, 0) is 30.3 Å². The van der Waals surface area contributed by atoms with E-state index in [0.29, 0.717) is 0 Å². The van der Waals surface area contributed by atoms with Crippen molar-refractivity contribution in [3.63, 3.8) is 0 Å². The van der Waals surface area contributed by atoms with Crippen LogP contribution < -0.4 is 10.5 Å². The molecule has 31 heavy (non-hydrogen) atoms. The molecule has 0 aliphatic heterocycles. The van der Waals surface area contributed by atoms with E-state index in [0.717, 1.165) is 18.2 Å². The number of non-ortho nitro benzene ring substituents is 1. The van der Waals surface area contributed by atoms with Gasteiger partial charge in [-0.3, -0.25) is 15.1 Å². The number of nitro benzene ring substituents is 1. The first-order chi connectivity index (χ1) is 14.6. The van der Waals surface area contributed by atoms with E-state index in [9.17, 15) is 18.5 Å². The van der Waals surface area contributed by atoms with Gasteiger partial charge in [-0.15, -0.1) is 4.40 Å². The van der Waals surface area contributed by atoms with E-state index in [1.54, 1.807) is 12.1 Å². The molecule has 0 bridgehead atoms. The molecule has 9 nitrogen and oxygen atoms in total. The molecule has 1 heterocycles. The van der Waals surface area contributed by atoms with Gasteiger partial charge in [-0.25, -0.2) is 0 Å². The number of pyridine rings is 1. The Morgan fingerprint density at radius 1 is 1.06 bits per heavy atom. The molecule has 0 atom stereocenters. The van der Waals surface area contributed by atoms with Crippen molar-refractivity contribution < 1.29 is 18.1 Å². The lowest BCUT2D eigenvalue weighted by atomic mass is 10.3. The van der Waals surface area contributed by atoms with Gasteiger partial charge in [0.15, 0.2) is 11.6 Å². The molecule has 0 saturated carbocycles. The number of amidine groups is 1. The molecule has 0 fully saturated rings. The zero-order chi connectivity index (χ0) is 22.8. The number of hydrogen-bond donors (Lipinski definition) is 1. The van der Waals surface area contributed by atoms with E-state index in [1.807, 2.05) is 0 Å². The first-order valence-electron chi connectivity index (χ1n) is 8.21. The van der Waals surface area contributed by atoms with E-state index in [4.69, 9.17) is 45.3 Å². The fourth-order valence-corrected chi connectivity index (χ4v) is 4.22. The summed E-state index contributed by atoms with van der Waals surface area (Å²) >= 11 is 18.3. The summed E-state index contributed by atoms with van der Waals surface area (Å²) < 4.78 is 34.3. The van der Waals surface area contributed by atoms with Gasteiger partial charge < -0.3 is 10.5 Å². The minimum Gasteiger partial charge on any atom is -0.453 e. The lowest BCUT2D eigenvalue weighted by Gasteiger charge is -2.12. The van der Waals surface area contributed by atoms with E-state index in [2.05, 4.69) is 9.38 Å². The van der Waals surface area contributed by atoms with Crippen LogP contribution in [0, 0.1) is 10.1 Å². The van der Waals surface area contributed by atoms with E-state index in [-0.39, 0.29) is 48.7 Å². The number of halogens is 3. The summed E-state index contributed by atoms with van der Waals surface area (Å²) in [6, 6.07) is 10.4. The number of nitrogens with zero attached hydrogens (tertiary/aromatic N) is 3. The predicted molar refractivity (Wildman–Crippen MR) is 117 cm³/mol. The smallest absolute Gasteiger partial charge is 0.284 e. The van der Waals surface area contributed by atoms with Crippen LogP contribution >= 0.6 is 34.8 Å². The Morgan fingerprint density at radius 3 is 2.29 bits per heavy atom. The number of rotatable bonds is 6. The third-order valence-electron chi connectivity index (χ3n) is 3.75. The predicted octanol–water partition coefficient (Wildman–Crippen LogP) is 4.84. The second-order valence-electron chi connectivity index (χ2n) is 5.86. The average Bonchev–Trinajstić information content (AvgIpc) is 2.71. The second-order valence-corrected chi connectivity index (χ2v) is 8.68. The lowest BCUT2D eigenvalue weighted by Crippen LogP contribution is -2.17. The molecule has 2 N–H and O–H groups in total. The number of nitro groups is 1. The standard InChI is InChI=1S/C18H11Cl3N4O5S/c19-12-7-10(25(26)27)4-5-16(12)30-17-13(20)8-11(9-14(17)21)31(28,29)24-18(22)15-3-1-2-6-23-15/h1-9H,(H2,22,24). The van der Waals surface area contributed by atoms with Crippen LogP contribution in [0.1, 0.15) is 5.69 Å². The third-order valence-corrected chi connectivity index (χ3v) is 5.88. The van der Waals surface area contributed by atoms with Crippen LogP contribution in [-0.4, -0.2) is 24.2 Å². The van der Waals surface area contributed by atoms with E-state index < -0.39 is 14.9 Å². The quantitative estimate of drug-likeness (QED) is 0.221. The molecule has 3 rings (SSSR count). The van der Waals surface area contributed by atoms with E-state index in [1.165, 1.54) is 24.4 Å². The lowest BCUT2D eigenvalue weighted by molar-refractivity contribution is -0.384. The molecule has 13 heteroatoms. The van der Waals surface area contributed by atoms with Crippen LogP contribution in [0.5, 0.6) is 11.5 Å². The summed E-state index contributed by atoms with van der Waals surface area (Å²) in [6.45, 7) is 0. The monoisotopic (exact) mass is 500 g/mol. The Bertz CT molecular complexity index is 1280. The molecule has 0 unspecified atom stereocenters. The van der Waals surface area contributed by atoms with Crippen molar-refractivity contribution in [2.24, 2.45) is 10.1 Å². The first-order valence-corrected chi connectivity index (χ1v) is 10.8. The number of hydrogen-bond acceptors (Lipinski definition) is 6. The van der Waals surface area contributed by atoms with Crippen molar-refractivity contribution in [3.8, 4) is 11.5 Å². The molecular formula is C18H11Cl3N4O5S. The number of sulfonamides is 1. The summed E-state index contributed by atoms with van der Waals surface area (Å²) in [4.78, 5) is 13.8. The highest BCUT2D eigenvalue weighted by molar-refractivity contribution is 7.90. The van der Waals surface area contributed by atoms with Gasteiger partial charge >= 0.3 is 0 Å². The molecule has 1 aromatic heterocycles. The van der Waals surface area contributed by atoms with Gasteiger partial charge in [0.1, 0.15) is 11.4 Å².